The van der Waals surface area contributed by atoms with Crippen molar-refractivity contribution in [3.8, 4) is 5.75 Å². The number of para-hydroxylation sites is 2. The van der Waals surface area contributed by atoms with Crippen molar-refractivity contribution in [2.75, 3.05) is 17.3 Å². The molecule has 3 aromatic rings. The molecule has 148 valence electrons. The molecule has 0 unspecified atom stereocenters. The minimum absolute atomic E-state index is 0.000506. The van der Waals surface area contributed by atoms with Crippen LogP contribution in [0.25, 0.3) is 0 Å². The highest BCUT2D eigenvalue weighted by Crippen LogP contribution is 2.31. The summed E-state index contributed by atoms with van der Waals surface area (Å²) in [6, 6.07) is 14.3. The van der Waals surface area contributed by atoms with Crippen LogP contribution in [0.1, 0.15) is 0 Å². The lowest BCUT2D eigenvalue weighted by Gasteiger charge is -2.11. The molecule has 0 aliphatic heterocycles. The summed E-state index contributed by atoms with van der Waals surface area (Å²) < 4.78 is 19.1. The predicted octanol–water partition coefficient (Wildman–Crippen LogP) is 2.79. The van der Waals surface area contributed by atoms with Gasteiger partial charge in [-0.1, -0.05) is 30.3 Å². The second-order valence-corrected chi connectivity index (χ2v) is 5.56. The van der Waals surface area contributed by atoms with Crippen LogP contribution in [-0.2, 0) is 4.79 Å². The lowest BCUT2D eigenvalue weighted by Crippen LogP contribution is -2.34. The summed E-state index contributed by atoms with van der Waals surface area (Å²) in [6.45, 7) is -0.323. The minimum Gasteiger partial charge on any atom is -0.484 e. The number of aromatic nitrogens is 2. The second kappa shape index (κ2) is 9.08. The molecule has 11 heteroatoms. The minimum atomic E-state index is -0.752. The fourth-order valence-corrected chi connectivity index (χ4v) is 2.26. The fourth-order valence-electron chi connectivity index (χ4n) is 2.26. The molecule has 0 aliphatic rings. The Morgan fingerprint density at radius 1 is 1.07 bits per heavy atom. The van der Waals surface area contributed by atoms with E-state index in [0.717, 1.165) is 6.33 Å². The van der Waals surface area contributed by atoms with Gasteiger partial charge in [-0.25, -0.2) is 14.4 Å². The maximum Gasteiger partial charge on any atom is 0.355 e. The monoisotopic (exact) mass is 398 g/mol. The maximum atomic E-state index is 13.8. The molecule has 2 aromatic carbocycles. The van der Waals surface area contributed by atoms with Gasteiger partial charge in [0.25, 0.3) is 5.91 Å². The van der Waals surface area contributed by atoms with Crippen molar-refractivity contribution in [2.24, 2.45) is 0 Å². The molecule has 0 saturated carbocycles. The summed E-state index contributed by atoms with van der Waals surface area (Å²) in [6.07, 6.45) is 1.03. The van der Waals surface area contributed by atoms with Crippen LogP contribution in [0.15, 0.2) is 60.9 Å². The molecule has 0 radical (unpaired) electrons. The first kappa shape index (κ1) is 19.5. The van der Waals surface area contributed by atoms with Crippen LogP contribution in [-0.4, -0.2) is 27.4 Å². The van der Waals surface area contributed by atoms with Gasteiger partial charge in [0.2, 0.25) is 11.6 Å². The number of carbonyl (C=O) groups excluding carboxylic acids is 1. The van der Waals surface area contributed by atoms with Crippen LogP contribution >= 0.6 is 0 Å². The van der Waals surface area contributed by atoms with E-state index in [4.69, 9.17) is 4.74 Å². The van der Waals surface area contributed by atoms with Crippen LogP contribution in [0.5, 0.6) is 5.75 Å². The number of rotatable bonds is 8. The number of nitrogens with one attached hydrogen (secondary N) is 3. The first-order valence-electron chi connectivity index (χ1n) is 8.28. The molecular weight excluding hydrogens is 383 g/mol. The third-order valence-electron chi connectivity index (χ3n) is 3.57. The molecule has 0 aliphatic carbocycles. The summed E-state index contributed by atoms with van der Waals surface area (Å²) in [5.74, 6) is -1.23. The van der Waals surface area contributed by atoms with Gasteiger partial charge < -0.3 is 10.1 Å². The Morgan fingerprint density at radius 2 is 1.76 bits per heavy atom. The topological polar surface area (TPSA) is 131 Å². The molecule has 3 N–H and O–H groups in total. The molecule has 29 heavy (non-hydrogen) atoms. The molecule has 0 fully saturated rings. The van der Waals surface area contributed by atoms with E-state index in [9.17, 15) is 19.3 Å². The highest BCUT2D eigenvalue weighted by molar-refractivity contribution is 5.80. The number of hydrazine groups is 1. The Bertz CT molecular complexity index is 1020. The zero-order valence-corrected chi connectivity index (χ0v) is 14.8. The van der Waals surface area contributed by atoms with Crippen LogP contribution in [0.3, 0.4) is 0 Å². The van der Waals surface area contributed by atoms with Crippen LogP contribution in [0.2, 0.25) is 0 Å². The number of carbonyl (C=O) groups is 1. The Hall–Kier alpha value is -4.28. The lowest BCUT2D eigenvalue weighted by atomic mass is 10.3. The lowest BCUT2D eigenvalue weighted by molar-refractivity contribution is -0.383. The number of hydrogen-bond acceptors (Lipinski definition) is 8. The summed E-state index contributed by atoms with van der Waals surface area (Å²) >= 11 is 0. The van der Waals surface area contributed by atoms with E-state index in [0.29, 0.717) is 5.75 Å². The molecule has 0 atom stereocenters. The summed E-state index contributed by atoms with van der Waals surface area (Å²) in [5.41, 5.74) is 4.05. The quantitative estimate of drug-likeness (QED) is 0.390. The highest BCUT2D eigenvalue weighted by atomic mass is 19.1. The maximum absolute atomic E-state index is 13.8. The molecule has 10 nitrogen and oxygen atoms in total. The molecule has 3 rings (SSSR count). The van der Waals surface area contributed by atoms with Gasteiger partial charge >= 0.3 is 5.69 Å². The molecule has 0 saturated heterocycles. The van der Waals surface area contributed by atoms with Crippen molar-refractivity contribution in [1.82, 2.24) is 15.4 Å². The van der Waals surface area contributed by atoms with Crippen LogP contribution in [0.4, 0.5) is 27.4 Å². The van der Waals surface area contributed by atoms with Gasteiger partial charge in [-0.05, 0) is 24.3 Å². The van der Waals surface area contributed by atoms with Crippen molar-refractivity contribution < 1.29 is 18.8 Å². The Kier molecular flexibility index (Phi) is 6.10. The normalized spacial score (nSPS) is 10.1. The van der Waals surface area contributed by atoms with Crippen LogP contribution in [0, 0.1) is 15.9 Å². The predicted molar refractivity (Wildman–Crippen MR) is 102 cm³/mol. The number of nitrogens with zero attached hydrogens (tertiary/aromatic N) is 3. The Morgan fingerprint density at radius 3 is 2.48 bits per heavy atom. The third kappa shape index (κ3) is 5.13. The van der Waals surface area contributed by atoms with E-state index in [2.05, 4.69) is 26.1 Å². The first-order chi connectivity index (χ1) is 14.0. The number of anilines is 3. The van der Waals surface area contributed by atoms with Crippen molar-refractivity contribution in [3.05, 3.63) is 76.9 Å². The van der Waals surface area contributed by atoms with E-state index in [1.165, 1.54) is 18.2 Å². The standard InChI is InChI=1S/C18H15FN6O4/c19-13-8-4-5-9-14(13)22-17-16(25(27)28)18(21-11-20-17)24-23-15(26)10-29-12-6-2-1-3-7-12/h1-9,11H,10H2,(H,23,26)(H2,20,21,22,24). The third-order valence-corrected chi connectivity index (χ3v) is 3.57. The van der Waals surface area contributed by atoms with E-state index in [-0.39, 0.29) is 23.9 Å². The number of benzene rings is 2. The second-order valence-electron chi connectivity index (χ2n) is 5.56. The van der Waals surface area contributed by atoms with Gasteiger partial charge in [-0.2, -0.15) is 0 Å². The van der Waals surface area contributed by atoms with Crippen LogP contribution < -0.4 is 20.9 Å². The zero-order valence-electron chi connectivity index (χ0n) is 14.8. The van der Waals surface area contributed by atoms with Gasteiger partial charge in [0.05, 0.1) is 10.6 Å². The number of amides is 1. The molecule has 0 spiro atoms. The van der Waals surface area contributed by atoms with Gasteiger partial charge in [0, 0.05) is 0 Å². The van der Waals surface area contributed by atoms with Gasteiger partial charge in [0.15, 0.2) is 6.61 Å². The SMILES string of the molecule is O=C(COc1ccccc1)NNc1ncnc(Nc2ccccc2F)c1[N+](=O)[O-]. The summed E-state index contributed by atoms with van der Waals surface area (Å²) in [4.78, 5) is 30.2. The van der Waals surface area contributed by atoms with E-state index in [1.807, 2.05) is 0 Å². The van der Waals surface area contributed by atoms with Crippen molar-refractivity contribution in [3.63, 3.8) is 0 Å². The number of ether oxygens (including phenoxy) is 1. The van der Waals surface area contributed by atoms with E-state index in [1.54, 1.807) is 36.4 Å². The summed E-state index contributed by atoms with van der Waals surface area (Å²) in [7, 11) is 0. The van der Waals surface area contributed by atoms with Crippen molar-refractivity contribution >= 4 is 28.9 Å². The van der Waals surface area contributed by atoms with Crippen molar-refractivity contribution in [1.29, 1.82) is 0 Å². The largest absolute Gasteiger partial charge is 0.484 e. The number of nitro groups is 1. The van der Waals surface area contributed by atoms with Gasteiger partial charge in [-0.3, -0.25) is 25.8 Å². The first-order valence-corrected chi connectivity index (χ1v) is 8.28. The van der Waals surface area contributed by atoms with Gasteiger partial charge in [0.1, 0.15) is 17.9 Å². The average Bonchev–Trinajstić information content (AvgIpc) is 2.73. The van der Waals surface area contributed by atoms with Gasteiger partial charge in [-0.15, -0.1) is 0 Å². The fraction of sp³-hybridized carbons (Fsp3) is 0.0556. The number of halogens is 1. The van der Waals surface area contributed by atoms with E-state index < -0.39 is 22.3 Å². The molecule has 1 aromatic heterocycles. The highest BCUT2D eigenvalue weighted by Gasteiger charge is 2.24. The smallest absolute Gasteiger partial charge is 0.355 e. The average molecular weight is 398 g/mol. The molecule has 1 amide bonds. The summed E-state index contributed by atoms with van der Waals surface area (Å²) in [5, 5.41) is 14.0. The Labute approximate surface area is 163 Å². The zero-order chi connectivity index (χ0) is 20.6. The van der Waals surface area contributed by atoms with E-state index >= 15 is 0 Å². The molecule has 0 bridgehead atoms. The molecule has 1 heterocycles. The van der Waals surface area contributed by atoms with Crippen molar-refractivity contribution in [2.45, 2.75) is 0 Å². The Balaban J connectivity index is 1.69. The number of hydrogen-bond donors (Lipinski definition) is 3. The molecular formula is C18H15FN6O4.